The highest BCUT2D eigenvalue weighted by Crippen LogP contribution is 2.40. The van der Waals surface area contributed by atoms with Gasteiger partial charge in [-0.3, -0.25) is 4.79 Å². The summed E-state index contributed by atoms with van der Waals surface area (Å²) in [6, 6.07) is 0. The zero-order valence-electron chi connectivity index (χ0n) is 13.3. The first-order valence-electron chi connectivity index (χ1n) is 7.08. The maximum atomic E-state index is 11.7. The van der Waals surface area contributed by atoms with Gasteiger partial charge in [0.15, 0.2) is 14.0 Å². The van der Waals surface area contributed by atoms with Crippen molar-refractivity contribution in [3.63, 3.8) is 0 Å². The average molecular weight is 287 g/mol. The summed E-state index contributed by atoms with van der Waals surface area (Å²) in [7, 11) is -1.99. The first-order valence-corrected chi connectivity index (χ1v) is 9.99. The lowest BCUT2D eigenvalue weighted by atomic mass is 9.97. The van der Waals surface area contributed by atoms with Gasteiger partial charge in [0.1, 0.15) is 6.10 Å². The minimum absolute atomic E-state index is 0.0668. The molecule has 1 unspecified atom stereocenters. The Morgan fingerprint density at radius 1 is 1.47 bits per heavy atom. The number of carbonyl (C=O) groups excluding carboxylic acids is 1. The highest BCUT2D eigenvalue weighted by Gasteiger charge is 2.50. The number of hydrogen-bond donors (Lipinski definition) is 2. The van der Waals surface area contributed by atoms with Gasteiger partial charge in [0.05, 0.1) is 6.42 Å². The summed E-state index contributed by atoms with van der Waals surface area (Å²) >= 11 is 0. The lowest BCUT2D eigenvalue weighted by Gasteiger charge is -2.42. The zero-order chi connectivity index (χ0) is 15.1. The first kappa shape index (κ1) is 16.7. The highest BCUT2D eigenvalue weighted by atomic mass is 28.4. The molecule has 0 radical (unpaired) electrons. The van der Waals surface area contributed by atoms with E-state index in [2.05, 4.69) is 39.2 Å². The summed E-state index contributed by atoms with van der Waals surface area (Å²) < 4.78 is 6.26. The van der Waals surface area contributed by atoms with Gasteiger partial charge in [0.2, 0.25) is 5.91 Å². The van der Waals surface area contributed by atoms with Gasteiger partial charge in [-0.15, -0.1) is 0 Å². The van der Waals surface area contributed by atoms with E-state index in [9.17, 15) is 9.90 Å². The minimum Gasteiger partial charge on any atom is -0.409 e. The lowest BCUT2D eigenvalue weighted by Crippen LogP contribution is -2.55. The van der Waals surface area contributed by atoms with E-state index in [1.807, 2.05) is 13.8 Å². The molecule has 0 saturated carbocycles. The molecule has 0 aromatic heterocycles. The summed E-state index contributed by atoms with van der Waals surface area (Å²) in [6.07, 6.45) is 0.358. The van der Waals surface area contributed by atoms with E-state index >= 15 is 0 Å². The van der Waals surface area contributed by atoms with Gasteiger partial charge in [-0.25, -0.2) is 0 Å². The second-order valence-electron chi connectivity index (χ2n) is 7.64. The minimum atomic E-state index is -1.99. The van der Waals surface area contributed by atoms with Crippen LogP contribution < -0.4 is 5.32 Å². The summed E-state index contributed by atoms with van der Waals surface area (Å²) in [5, 5.41) is 13.5. The molecule has 5 heteroatoms. The molecule has 0 aromatic rings. The molecular weight excluding hydrogens is 258 g/mol. The second kappa shape index (κ2) is 5.18. The molecule has 112 valence electrons. The molecule has 1 saturated heterocycles. The standard InChI is InChI=1S/C14H29NO3Si/c1-10(2)9-14(17)11(8-12(16)15-14)18-19(6,7)13(3,4)5/h10-11,17H,8-9H2,1-7H3,(H,15,16)/t11-,14?/m0/s1. The second-order valence-corrected chi connectivity index (χ2v) is 12.4. The largest absolute Gasteiger partial charge is 0.409 e. The topological polar surface area (TPSA) is 58.6 Å². The van der Waals surface area contributed by atoms with E-state index in [1.165, 1.54) is 0 Å². The predicted octanol–water partition coefficient (Wildman–Crippen LogP) is 2.63. The molecule has 19 heavy (non-hydrogen) atoms. The van der Waals surface area contributed by atoms with E-state index in [-0.39, 0.29) is 17.4 Å². The van der Waals surface area contributed by atoms with Gasteiger partial charge < -0.3 is 14.8 Å². The normalized spacial score (nSPS) is 28.9. The highest BCUT2D eigenvalue weighted by molar-refractivity contribution is 6.74. The van der Waals surface area contributed by atoms with E-state index in [4.69, 9.17) is 4.43 Å². The number of nitrogens with one attached hydrogen (secondary N) is 1. The van der Waals surface area contributed by atoms with Crippen molar-refractivity contribution in [1.82, 2.24) is 5.32 Å². The molecule has 1 heterocycles. The van der Waals surface area contributed by atoms with Crippen LogP contribution in [0.4, 0.5) is 0 Å². The van der Waals surface area contributed by atoms with Crippen LogP contribution in [0.25, 0.3) is 0 Å². The van der Waals surface area contributed by atoms with Gasteiger partial charge >= 0.3 is 0 Å². The molecule has 0 aromatic carbocycles. The van der Waals surface area contributed by atoms with Crippen molar-refractivity contribution in [1.29, 1.82) is 0 Å². The van der Waals surface area contributed by atoms with Crippen LogP contribution in [-0.2, 0) is 9.22 Å². The smallest absolute Gasteiger partial charge is 0.225 e. The van der Waals surface area contributed by atoms with Gasteiger partial charge in [-0.05, 0) is 30.5 Å². The molecular formula is C14H29NO3Si. The van der Waals surface area contributed by atoms with Crippen molar-refractivity contribution in [2.24, 2.45) is 5.92 Å². The molecule has 0 bridgehead atoms. The SMILES string of the molecule is CC(C)CC1(O)NC(=O)C[C@@H]1O[Si](C)(C)C(C)(C)C. The fourth-order valence-electron chi connectivity index (χ4n) is 2.19. The third-order valence-electron chi connectivity index (χ3n) is 4.22. The van der Waals surface area contributed by atoms with Crippen LogP contribution in [0, 0.1) is 5.92 Å². The monoisotopic (exact) mass is 287 g/mol. The molecule has 4 nitrogen and oxygen atoms in total. The fourth-order valence-corrected chi connectivity index (χ4v) is 3.53. The molecule has 1 fully saturated rings. The Kier molecular flexibility index (Phi) is 4.55. The van der Waals surface area contributed by atoms with E-state index < -0.39 is 20.1 Å². The van der Waals surface area contributed by atoms with Crippen LogP contribution in [0.3, 0.4) is 0 Å². The molecule has 1 amide bonds. The molecule has 0 aliphatic carbocycles. The number of aliphatic hydroxyl groups is 1. The number of hydrogen-bond acceptors (Lipinski definition) is 3. The summed E-state index contributed by atoms with van der Waals surface area (Å²) in [5.41, 5.74) is -1.21. The van der Waals surface area contributed by atoms with Crippen molar-refractivity contribution in [3.8, 4) is 0 Å². The van der Waals surface area contributed by atoms with Crippen LogP contribution in [0.15, 0.2) is 0 Å². The van der Waals surface area contributed by atoms with E-state index in [0.29, 0.717) is 12.3 Å². The first-order chi connectivity index (χ1) is 8.37. The number of carbonyl (C=O) groups is 1. The average Bonchev–Trinajstić information content (AvgIpc) is 2.36. The van der Waals surface area contributed by atoms with Crippen LogP contribution in [0.5, 0.6) is 0 Å². The Balaban J connectivity index is 2.89. The molecule has 1 rings (SSSR count). The van der Waals surface area contributed by atoms with Gasteiger partial charge in [-0.1, -0.05) is 34.6 Å². The van der Waals surface area contributed by atoms with Gasteiger partial charge in [0.25, 0.3) is 0 Å². The molecule has 2 N–H and O–H groups in total. The third-order valence-corrected chi connectivity index (χ3v) is 8.71. The summed E-state index contributed by atoms with van der Waals surface area (Å²) in [4.78, 5) is 11.7. The van der Waals surface area contributed by atoms with Crippen molar-refractivity contribution in [3.05, 3.63) is 0 Å². The van der Waals surface area contributed by atoms with Crippen molar-refractivity contribution >= 4 is 14.2 Å². The lowest BCUT2D eigenvalue weighted by molar-refractivity contribution is -0.123. The Hall–Kier alpha value is -0.393. The molecule has 0 spiro atoms. The fraction of sp³-hybridized carbons (Fsp3) is 0.929. The van der Waals surface area contributed by atoms with E-state index in [0.717, 1.165) is 0 Å². The maximum absolute atomic E-state index is 11.7. The van der Waals surface area contributed by atoms with Crippen LogP contribution >= 0.6 is 0 Å². The Labute approximate surface area is 118 Å². The third kappa shape index (κ3) is 3.80. The van der Waals surface area contributed by atoms with Gasteiger partial charge in [-0.2, -0.15) is 0 Å². The van der Waals surface area contributed by atoms with Crippen molar-refractivity contribution in [2.45, 2.75) is 77.4 Å². The quantitative estimate of drug-likeness (QED) is 0.782. The van der Waals surface area contributed by atoms with Crippen LogP contribution in [-0.4, -0.2) is 31.2 Å². The van der Waals surface area contributed by atoms with Crippen LogP contribution in [0.1, 0.15) is 47.5 Å². The Bertz CT molecular complexity index is 349. The van der Waals surface area contributed by atoms with Gasteiger partial charge in [0, 0.05) is 0 Å². The van der Waals surface area contributed by atoms with Crippen molar-refractivity contribution < 1.29 is 14.3 Å². The zero-order valence-corrected chi connectivity index (χ0v) is 14.3. The summed E-state index contributed by atoms with van der Waals surface area (Å²) in [6.45, 7) is 14.8. The summed E-state index contributed by atoms with van der Waals surface area (Å²) in [5.74, 6) is 0.181. The maximum Gasteiger partial charge on any atom is 0.225 e. The number of rotatable bonds is 4. The molecule has 1 aliphatic heterocycles. The molecule has 1 aliphatic rings. The molecule has 2 atom stereocenters. The Morgan fingerprint density at radius 3 is 2.42 bits per heavy atom. The van der Waals surface area contributed by atoms with E-state index in [1.54, 1.807) is 0 Å². The number of amides is 1. The van der Waals surface area contributed by atoms with Crippen molar-refractivity contribution in [2.75, 3.05) is 0 Å². The van der Waals surface area contributed by atoms with Crippen LogP contribution in [0.2, 0.25) is 18.1 Å². The predicted molar refractivity (Wildman–Crippen MR) is 79.2 cm³/mol. The Morgan fingerprint density at radius 2 is 2.00 bits per heavy atom.